The highest BCUT2D eigenvalue weighted by Crippen LogP contribution is 2.28. The molecule has 0 bridgehead atoms. The van der Waals surface area contributed by atoms with Crippen molar-refractivity contribution >= 4 is 5.82 Å². The Labute approximate surface area is 94.9 Å². The second-order valence-corrected chi connectivity index (χ2v) is 4.23. The minimum Gasteiger partial charge on any atom is -0.481 e. The second-order valence-electron chi connectivity index (χ2n) is 4.23. The van der Waals surface area contributed by atoms with Crippen molar-refractivity contribution in [3.8, 4) is 5.88 Å². The van der Waals surface area contributed by atoms with Gasteiger partial charge in [0.1, 0.15) is 12.1 Å². The fraction of sp³-hybridized carbons (Fsp3) is 0.636. The minimum atomic E-state index is -0.104. The highest BCUT2D eigenvalue weighted by atomic mass is 16.5. The third-order valence-electron chi connectivity index (χ3n) is 3.00. The van der Waals surface area contributed by atoms with Crippen LogP contribution < -0.4 is 10.1 Å². The quantitative estimate of drug-likeness (QED) is 0.796. The number of hydrogen-bond acceptors (Lipinski definition) is 5. The number of aliphatic hydroxyl groups excluding tert-OH is 1. The molecule has 0 atom stereocenters. The summed E-state index contributed by atoms with van der Waals surface area (Å²) in [5, 5.41) is 12.4. The molecule has 1 aliphatic carbocycles. The first-order valence-electron chi connectivity index (χ1n) is 5.48. The summed E-state index contributed by atoms with van der Waals surface area (Å²) in [6.45, 7) is 2.77. The summed E-state index contributed by atoms with van der Waals surface area (Å²) in [7, 11) is 1.60. The molecule has 88 valence electrons. The minimum absolute atomic E-state index is 0.104. The molecule has 0 spiro atoms. The van der Waals surface area contributed by atoms with E-state index < -0.39 is 0 Å². The first-order chi connectivity index (χ1) is 7.70. The molecule has 1 fully saturated rings. The van der Waals surface area contributed by atoms with Gasteiger partial charge in [0.05, 0.1) is 18.8 Å². The molecule has 1 aliphatic rings. The zero-order chi connectivity index (χ0) is 11.5. The van der Waals surface area contributed by atoms with Gasteiger partial charge in [-0.15, -0.1) is 0 Å². The van der Waals surface area contributed by atoms with Gasteiger partial charge in [-0.3, -0.25) is 0 Å². The van der Waals surface area contributed by atoms with Gasteiger partial charge in [-0.25, -0.2) is 9.97 Å². The molecule has 2 N–H and O–H groups in total. The van der Waals surface area contributed by atoms with E-state index in [0.717, 1.165) is 30.8 Å². The van der Waals surface area contributed by atoms with E-state index >= 15 is 0 Å². The Morgan fingerprint density at radius 3 is 2.88 bits per heavy atom. The van der Waals surface area contributed by atoms with Crippen molar-refractivity contribution in [3.05, 3.63) is 11.9 Å². The van der Waals surface area contributed by atoms with Gasteiger partial charge in [0.25, 0.3) is 0 Å². The molecule has 1 saturated carbocycles. The van der Waals surface area contributed by atoms with Crippen LogP contribution in [-0.2, 0) is 0 Å². The summed E-state index contributed by atoms with van der Waals surface area (Å²) in [6.07, 6.45) is 3.15. The van der Waals surface area contributed by atoms with Crippen LogP contribution in [0, 0.1) is 12.8 Å². The fourth-order valence-electron chi connectivity index (χ4n) is 1.93. The lowest BCUT2D eigenvalue weighted by molar-refractivity contribution is 0.0486. The van der Waals surface area contributed by atoms with Crippen molar-refractivity contribution < 1.29 is 9.84 Å². The molecule has 0 saturated heterocycles. The molecule has 1 aromatic heterocycles. The summed E-state index contributed by atoms with van der Waals surface area (Å²) < 4.78 is 5.12. The lowest BCUT2D eigenvalue weighted by Crippen LogP contribution is -2.33. The molecule has 2 rings (SSSR count). The summed E-state index contributed by atoms with van der Waals surface area (Å²) >= 11 is 0. The number of nitrogens with one attached hydrogen (secondary N) is 1. The summed E-state index contributed by atoms with van der Waals surface area (Å²) in [5.41, 5.74) is 0.921. The molecule has 0 unspecified atom stereocenters. The van der Waals surface area contributed by atoms with Gasteiger partial charge in [0.15, 0.2) is 0 Å². The summed E-state index contributed by atoms with van der Waals surface area (Å²) in [6, 6.07) is 0. The van der Waals surface area contributed by atoms with Crippen LogP contribution in [0.3, 0.4) is 0 Å². The molecule has 16 heavy (non-hydrogen) atoms. The highest BCUT2D eigenvalue weighted by Gasteiger charge is 2.26. The van der Waals surface area contributed by atoms with Crippen LogP contribution >= 0.6 is 0 Å². The lowest BCUT2D eigenvalue weighted by atomic mass is 9.82. The number of rotatable bonds is 4. The van der Waals surface area contributed by atoms with Gasteiger partial charge in [-0.05, 0) is 25.7 Å². The van der Waals surface area contributed by atoms with Gasteiger partial charge in [0.2, 0.25) is 5.88 Å². The van der Waals surface area contributed by atoms with E-state index in [4.69, 9.17) is 4.74 Å². The predicted octanol–water partition coefficient (Wildman–Crippen LogP) is 0.976. The number of aliphatic hydroxyl groups is 1. The van der Waals surface area contributed by atoms with Gasteiger partial charge in [0, 0.05) is 6.54 Å². The predicted molar refractivity (Wildman–Crippen MR) is 60.5 cm³/mol. The summed E-state index contributed by atoms with van der Waals surface area (Å²) in [4.78, 5) is 8.19. The van der Waals surface area contributed by atoms with Gasteiger partial charge < -0.3 is 15.2 Å². The zero-order valence-corrected chi connectivity index (χ0v) is 9.60. The van der Waals surface area contributed by atoms with E-state index in [2.05, 4.69) is 15.3 Å². The monoisotopic (exact) mass is 223 g/mol. The maximum absolute atomic E-state index is 9.18. The summed E-state index contributed by atoms with van der Waals surface area (Å²) in [5.74, 6) is 1.97. The SMILES string of the molecule is COc1ncnc(NCC2CC(O)C2)c1C. The second kappa shape index (κ2) is 4.65. The maximum atomic E-state index is 9.18. The van der Waals surface area contributed by atoms with Crippen LogP contribution in [0.4, 0.5) is 5.82 Å². The molecule has 0 radical (unpaired) electrons. The van der Waals surface area contributed by atoms with Crippen LogP contribution in [0.2, 0.25) is 0 Å². The average molecular weight is 223 g/mol. The van der Waals surface area contributed by atoms with Crippen LogP contribution in [0.1, 0.15) is 18.4 Å². The first kappa shape index (κ1) is 11.1. The fourth-order valence-corrected chi connectivity index (χ4v) is 1.93. The van der Waals surface area contributed by atoms with Crippen molar-refractivity contribution in [2.75, 3.05) is 19.0 Å². The number of aromatic nitrogens is 2. The van der Waals surface area contributed by atoms with E-state index in [1.165, 1.54) is 6.33 Å². The number of nitrogens with zero attached hydrogens (tertiary/aromatic N) is 2. The van der Waals surface area contributed by atoms with Gasteiger partial charge in [-0.1, -0.05) is 0 Å². The van der Waals surface area contributed by atoms with Crippen molar-refractivity contribution in [3.63, 3.8) is 0 Å². The van der Waals surface area contributed by atoms with E-state index in [-0.39, 0.29) is 6.10 Å². The molecular weight excluding hydrogens is 206 g/mol. The third kappa shape index (κ3) is 2.24. The highest BCUT2D eigenvalue weighted by molar-refractivity contribution is 5.47. The molecule has 5 nitrogen and oxygen atoms in total. The Morgan fingerprint density at radius 1 is 1.50 bits per heavy atom. The Balaban J connectivity index is 1.93. The number of ether oxygens (including phenoxy) is 1. The Hall–Kier alpha value is -1.36. The van der Waals surface area contributed by atoms with Crippen LogP contribution in [0.15, 0.2) is 6.33 Å². The molecular formula is C11H17N3O2. The number of anilines is 1. The smallest absolute Gasteiger partial charge is 0.221 e. The van der Waals surface area contributed by atoms with Crippen molar-refractivity contribution in [2.24, 2.45) is 5.92 Å². The largest absolute Gasteiger partial charge is 0.481 e. The number of hydrogen-bond donors (Lipinski definition) is 2. The Morgan fingerprint density at radius 2 is 2.25 bits per heavy atom. The first-order valence-corrected chi connectivity index (χ1v) is 5.48. The zero-order valence-electron chi connectivity index (χ0n) is 9.60. The van der Waals surface area contributed by atoms with Crippen LogP contribution in [0.25, 0.3) is 0 Å². The van der Waals surface area contributed by atoms with Crippen LogP contribution in [-0.4, -0.2) is 34.8 Å². The molecule has 0 amide bonds. The van der Waals surface area contributed by atoms with Crippen molar-refractivity contribution in [1.29, 1.82) is 0 Å². The lowest BCUT2D eigenvalue weighted by Gasteiger charge is -2.31. The normalized spacial score (nSPS) is 23.7. The molecule has 5 heteroatoms. The van der Waals surface area contributed by atoms with E-state index in [1.807, 2.05) is 6.92 Å². The molecule has 1 heterocycles. The standard InChI is InChI=1S/C11H17N3O2/c1-7-10(13-6-14-11(7)16-2)12-5-8-3-9(15)4-8/h6,8-9,15H,3-5H2,1-2H3,(H,12,13,14). The Kier molecular flexibility index (Phi) is 3.24. The average Bonchev–Trinajstić information content (AvgIpc) is 2.24. The third-order valence-corrected chi connectivity index (χ3v) is 3.00. The van der Waals surface area contributed by atoms with Gasteiger partial charge in [-0.2, -0.15) is 0 Å². The van der Waals surface area contributed by atoms with Gasteiger partial charge >= 0.3 is 0 Å². The van der Waals surface area contributed by atoms with E-state index in [0.29, 0.717) is 11.8 Å². The maximum Gasteiger partial charge on any atom is 0.221 e. The molecule has 1 aromatic rings. The van der Waals surface area contributed by atoms with Crippen molar-refractivity contribution in [2.45, 2.75) is 25.9 Å². The van der Waals surface area contributed by atoms with E-state index in [9.17, 15) is 5.11 Å². The van der Waals surface area contributed by atoms with Crippen LogP contribution in [0.5, 0.6) is 5.88 Å². The number of methoxy groups -OCH3 is 1. The van der Waals surface area contributed by atoms with Crippen molar-refractivity contribution in [1.82, 2.24) is 9.97 Å². The Bertz CT molecular complexity index is 364. The molecule has 0 aromatic carbocycles. The molecule has 0 aliphatic heterocycles. The topological polar surface area (TPSA) is 67.3 Å². The van der Waals surface area contributed by atoms with E-state index in [1.54, 1.807) is 7.11 Å².